The number of hydrogen-bond acceptors (Lipinski definition) is 5. The van der Waals surface area contributed by atoms with Gasteiger partial charge in [-0.15, -0.1) is 0 Å². The molecule has 3 fully saturated rings. The summed E-state index contributed by atoms with van der Waals surface area (Å²) in [5.74, 6) is -4.19. The molecule has 6 rings (SSSR count). The van der Waals surface area contributed by atoms with Gasteiger partial charge in [0.1, 0.15) is 17.8 Å². The number of rotatable bonds is 8. The van der Waals surface area contributed by atoms with Gasteiger partial charge in [0.2, 0.25) is 0 Å². The Bertz CT molecular complexity index is 1600. The molecule has 2 saturated heterocycles. The van der Waals surface area contributed by atoms with Crippen LogP contribution < -0.4 is 15.1 Å². The van der Waals surface area contributed by atoms with Gasteiger partial charge in [0, 0.05) is 61.7 Å². The molecule has 2 aromatic heterocycles. The second-order valence-corrected chi connectivity index (χ2v) is 14.2. The van der Waals surface area contributed by atoms with E-state index in [1.54, 1.807) is 18.1 Å². The summed E-state index contributed by atoms with van der Waals surface area (Å²) in [5.41, 5.74) is 3.05. The maximum absolute atomic E-state index is 15.4. The summed E-state index contributed by atoms with van der Waals surface area (Å²) in [5, 5.41) is 3.98. The first-order valence-electron chi connectivity index (χ1n) is 16.7. The van der Waals surface area contributed by atoms with Gasteiger partial charge in [0.25, 0.3) is 5.92 Å². The van der Waals surface area contributed by atoms with E-state index in [0.29, 0.717) is 36.3 Å². The van der Waals surface area contributed by atoms with Crippen molar-refractivity contribution in [3.05, 3.63) is 53.1 Å². The van der Waals surface area contributed by atoms with Crippen molar-refractivity contribution < 1.29 is 22.8 Å². The van der Waals surface area contributed by atoms with Crippen LogP contribution in [-0.4, -0.2) is 79.0 Å². The first-order valence-corrected chi connectivity index (χ1v) is 17.1. The molecule has 12 heteroatoms. The van der Waals surface area contributed by atoms with Gasteiger partial charge in [-0.3, -0.25) is 4.90 Å². The normalized spacial score (nSPS) is 21.7. The molecule has 47 heavy (non-hydrogen) atoms. The molecule has 3 aliphatic rings. The van der Waals surface area contributed by atoms with Gasteiger partial charge in [-0.1, -0.05) is 11.6 Å². The van der Waals surface area contributed by atoms with Crippen LogP contribution in [0.4, 0.5) is 29.3 Å². The summed E-state index contributed by atoms with van der Waals surface area (Å²) in [6.45, 7) is 4.25. The highest BCUT2D eigenvalue weighted by Gasteiger charge is 2.47. The molecule has 1 atom stereocenters. The Morgan fingerprint density at radius 3 is 2.55 bits per heavy atom. The van der Waals surface area contributed by atoms with Gasteiger partial charge >= 0.3 is 6.03 Å². The number of nitrogens with zero attached hydrogens (tertiary/aromatic N) is 5. The third-order valence-corrected chi connectivity index (χ3v) is 11.1. The average molecular weight is 673 g/mol. The van der Waals surface area contributed by atoms with Crippen molar-refractivity contribution in [1.82, 2.24) is 19.8 Å². The number of pyridine rings is 1. The summed E-state index contributed by atoms with van der Waals surface area (Å²) in [6, 6.07) is 6.13. The molecule has 1 aromatic carbocycles. The number of alkyl halides is 2. The molecule has 0 bridgehead atoms. The first-order chi connectivity index (χ1) is 22.5. The van der Waals surface area contributed by atoms with Crippen LogP contribution in [0.15, 0.2) is 36.7 Å². The van der Waals surface area contributed by atoms with Crippen molar-refractivity contribution in [2.45, 2.75) is 70.3 Å². The second kappa shape index (κ2) is 13.7. The lowest BCUT2D eigenvalue weighted by Crippen LogP contribution is -2.53. The zero-order valence-electron chi connectivity index (χ0n) is 27.2. The average Bonchev–Trinajstić information content (AvgIpc) is 3.39. The molecule has 1 aliphatic carbocycles. The van der Waals surface area contributed by atoms with Gasteiger partial charge < -0.3 is 24.5 Å². The third-order valence-electron chi connectivity index (χ3n) is 10.9. The molecule has 1 unspecified atom stereocenters. The molecule has 8 nitrogen and oxygen atoms in total. The van der Waals surface area contributed by atoms with E-state index in [2.05, 4.69) is 27.9 Å². The number of carbonyl (C=O) groups excluding carboxylic acids is 2. The van der Waals surface area contributed by atoms with Gasteiger partial charge in [-0.2, -0.15) is 0 Å². The number of likely N-dealkylation sites (tertiary alicyclic amines) is 1. The summed E-state index contributed by atoms with van der Waals surface area (Å²) in [4.78, 5) is 33.4. The fraction of sp³-hybridized carbons (Fsp3) is 0.571. The molecule has 2 amide bonds. The molecule has 0 radical (unpaired) electrons. The monoisotopic (exact) mass is 672 g/mol. The molecule has 1 spiro atoms. The largest absolute Gasteiger partial charge is 0.363 e. The molecular weight excluding hydrogens is 629 g/mol. The van der Waals surface area contributed by atoms with Crippen LogP contribution in [0.3, 0.4) is 0 Å². The van der Waals surface area contributed by atoms with Crippen molar-refractivity contribution in [3.8, 4) is 0 Å². The zero-order chi connectivity index (χ0) is 33.3. The predicted molar refractivity (Wildman–Crippen MR) is 179 cm³/mol. The summed E-state index contributed by atoms with van der Waals surface area (Å²) >= 11 is 6.02. The molecule has 254 valence electrons. The van der Waals surface area contributed by atoms with Crippen LogP contribution in [0, 0.1) is 24.1 Å². The van der Waals surface area contributed by atoms with E-state index in [-0.39, 0.29) is 30.1 Å². The van der Waals surface area contributed by atoms with Crippen LogP contribution in [0.25, 0.3) is 11.0 Å². The first kappa shape index (κ1) is 33.6. The van der Waals surface area contributed by atoms with Crippen LogP contribution in [0.1, 0.15) is 63.0 Å². The zero-order valence-corrected chi connectivity index (χ0v) is 27.9. The Morgan fingerprint density at radius 2 is 1.87 bits per heavy atom. The van der Waals surface area contributed by atoms with E-state index in [0.717, 1.165) is 74.5 Å². The minimum absolute atomic E-state index is 0.147. The SMILES string of the molecule is CNC(=O)N(CCC=O)c1cnc2c(c1)c(C)cn2C1CCC2(CC1)CCN(CC1CCN(c3cc(Cl)ccc3F)CC1(F)F)CC2. The number of piperidine rings is 2. The topological polar surface area (TPSA) is 73.7 Å². The van der Waals surface area contributed by atoms with Crippen LogP contribution in [-0.2, 0) is 4.79 Å². The lowest BCUT2D eigenvalue weighted by atomic mass is 9.67. The molecule has 4 heterocycles. The van der Waals surface area contributed by atoms with Crippen LogP contribution in [0.2, 0.25) is 5.02 Å². The van der Waals surface area contributed by atoms with Gasteiger partial charge in [-0.05, 0) is 100 Å². The number of carbonyl (C=O) groups is 2. The molecule has 1 saturated carbocycles. The Hall–Kier alpha value is -3.31. The number of urea groups is 1. The Morgan fingerprint density at radius 1 is 1.13 bits per heavy atom. The number of anilines is 2. The number of amides is 2. The van der Waals surface area contributed by atoms with E-state index in [1.165, 1.54) is 23.1 Å². The van der Waals surface area contributed by atoms with Gasteiger partial charge in [0.05, 0.1) is 24.1 Å². The molecular formula is C35H44ClF3N6O2. The second-order valence-electron chi connectivity index (χ2n) is 13.7. The van der Waals surface area contributed by atoms with Gasteiger partial charge in [-0.25, -0.2) is 22.9 Å². The minimum Gasteiger partial charge on any atom is -0.363 e. The highest BCUT2D eigenvalue weighted by atomic mass is 35.5. The Labute approximate surface area is 279 Å². The lowest BCUT2D eigenvalue weighted by Gasteiger charge is -2.48. The number of fused-ring (bicyclic) bond motifs is 1. The number of halogens is 4. The van der Waals surface area contributed by atoms with Gasteiger partial charge in [0.15, 0.2) is 0 Å². The Kier molecular flexibility index (Phi) is 9.76. The molecule has 1 N–H and O–H groups in total. The summed E-state index contributed by atoms with van der Waals surface area (Å²) < 4.78 is 47.4. The maximum Gasteiger partial charge on any atom is 0.321 e. The predicted octanol–water partition coefficient (Wildman–Crippen LogP) is 7.23. The molecule has 2 aliphatic heterocycles. The van der Waals surface area contributed by atoms with E-state index < -0.39 is 24.2 Å². The summed E-state index contributed by atoms with van der Waals surface area (Å²) in [7, 11) is 1.57. The standard InChI is InChI=1S/C35H44ClF3N6O2/c1-24-21-45(32-29(24)19-28(20-41-32)44(13-3-17-46)33(47)40-2)27-6-9-34(10-7-27)11-15-42(16-12-34)22-25-8-14-43(23-35(25,38)39)31-18-26(36)4-5-30(31)37/h4-5,17-21,25,27H,3,6-16,22-23H2,1-2H3,(H,40,47). The van der Waals surface area contributed by atoms with Crippen molar-refractivity contribution in [3.63, 3.8) is 0 Å². The van der Waals surface area contributed by atoms with Crippen LogP contribution in [0.5, 0.6) is 0 Å². The Balaban J connectivity index is 1.04. The minimum atomic E-state index is -2.91. The maximum atomic E-state index is 15.4. The van der Waals surface area contributed by atoms with E-state index in [1.807, 2.05) is 6.07 Å². The third kappa shape index (κ3) is 6.97. The number of aldehydes is 1. The number of benzene rings is 1. The van der Waals surface area contributed by atoms with Crippen molar-refractivity contribution in [1.29, 1.82) is 0 Å². The van der Waals surface area contributed by atoms with E-state index in [4.69, 9.17) is 16.6 Å². The highest BCUT2D eigenvalue weighted by Crippen LogP contribution is 2.49. The van der Waals surface area contributed by atoms with Crippen molar-refractivity contribution in [2.75, 3.05) is 56.1 Å². The number of aromatic nitrogens is 2. The fourth-order valence-corrected chi connectivity index (χ4v) is 8.20. The molecule has 3 aromatic rings. The summed E-state index contributed by atoms with van der Waals surface area (Å²) in [6.07, 6.45) is 11.5. The quantitative estimate of drug-likeness (QED) is 0.256. The fourth-order valence-electron chi connectivity index (χ4n) is 8.03. The van der Waals surface area contributed by atoms with E-state index >= 15 is 8.78 Å². The lowest BCUT2D eigenvalue weighted by molar-refractivity contribution is -0.107. The number of hydrogen-bond donors (Lipinski definition) is 1. The van der Waals surface area contributed by atoms with Crippen LogP contribution >= 0.6 is 11.6 Å². The number of aryl methyl sites for hydroxylation is 1. The number of nitrogens with one attached hydrogen (secondary N) is 1. The van der Waals surface area contributed by atoms with E-state index in [9.17, 15) is 14.0 Å². The van der Waals surface area contributed by atoms with Crippen molar-refractivity contribution >= 4 is 46.3 Å². The smallest absolute Gasteiger partial charge is 0.321 e. The van der Waals surface area contributed by atoms with Crippen molar-refractivity contribution in [2.24, 2.45) is 11.3 Å². The highest BCUT2D eigenvalue weighted by molar-refractivity contribution is 6.30.